The normalized spacial score (nSPS) is 17.0. The third kappa shape index (κ3) is 4.15. The molecule has 1 N–H and O–H groups in total. The Bertz CT molecular complexity index is 1040. The van der Waals surface area contributed by atoms with Gasteiger partial charge in [0.1, 0.15) is 17.5 Å². The molecule has 2 aromatic rings. The van der Waals surface area contributed by atoms with Crippen LogP contribution >= 0.6 is 0 Å². The molecule has 0 aliphatic carbocycles. The van der Waals surface area contributed by atoms with Crippen LogP contribution in [0.4, 0.5) is 5.69 Å². The Hall–Kier alpha value is -2.58. The second-order valence-corrected chi connectivity index (χ2v) is 9.38. The SMILES string of the molecule is COc1ccc(OC)c(NC(=O)C2CCCN2S(=O)(=O)c2c(C)cc(C)cc2C)c1. The summed E-state index contributed by atoms with van der Waals surface area (Å²) in [6, 6.07) is 7.99. The quantitative estimate of drug-likeness (QED) is 0.756. The van der Waals surface area contributed by atoms with Crippen molar-refractivity contribution in [1.29, 1.82) is 0 Å². The van der Waals surface area contributed by atoms with Gasteiger partial charge in [-0.25, -0.2) is 8.42 Å². The van der Waals surface area contributed by atoms with Crippen molar-refractivity contribution in [1.82, 2.24) is 4.31 Å². The summed E-state index contributed by atoms with van der Waals surface area (Å²) in [6.07, 6.45) is 1.08. The minimum absolute atomic E-state index is 0.284. The molecule has 0 bridgehead atoms. The summed E-state index contributed by atoms with van der Waals surface area (Å²) in [5, 5.41) is 2.82. The number of carbonyl (C=O) groups excluding carboxylic acids is 1. The number of amides is 1. The summed E-state index contributed by atoms with van der Waals surface area (Å²) in [6.45, 7) is 5.82. The van der Waals surface area contributed by atoms with Gasteiger partial charge in [0.2, 0.25) is 15.9 Å². The molecule has 1 saturated heterocycles. The maximum atomic E-state index is 13.5. The van der Waals surface area contributed by atoms with Crippen molar-refractivity contribution < 1.29 is 22.7 Å². The van der Waals surface area contributed by atoms with E-state index in [-0.39, 0.29) is 10.8 Å². The Morgan fingerprint density at radius 1 is 1.07 bits per heavy atom. The Kier molecular flexibility index (Phi) is 6.38. The van der Waals surface area contributed by atoms with E-state index in [2.05, 4.69) is 5.32 Å². The van der Waals surface area contributed by atoms with Crippen molar-refractivity contribution in [3.63, 3.8) is 0 Å². The van der Waals surface area contributed by atoms with Crippen LogP contribution in [-0.4, -0.2) is 45.4 Å². The minimum atomic E-state index is -3.82. The third-order valence-corrected chi connectivity index (χ3v) is 7.56. The topological polar surface area (TPSA) is 84.9 Å². The molecule has 7 nitrogen and oxygen atoms in total. The fraction of sp³-hybridized carbons (Fsp3) is 0.409. The lowest BCUT2D eigenvalue weighted by atomic mass is 10.1. The van der Waals surface area contributed by atoms with Crippen molar-refractivity contribution in [2.24, 2.45) is 0 Å². The predicted octanol–water partition coefficient (Wildman–Crippen LogP) is 3.42. The average molecular weight is 433 g/mol. The van der Waals surface area contributed by atoms with Crippen LogP contribution in [0.15, 0.2) is 35.2 Å². The number of hydrogen-bond donors (Lipinski definition) is 1. The van der Waals surface area contributed by atoms with Crippen LogP contribution in [0.5, 0.6) is 11.5 Å². The number of rotatable bonds is 6. The average Bonchev–Trinajstić information content (AvgIpc) is 3.18. The van der Waals surface area contributed by atoms with E-state index in [4.69, 9.17) is 9.47 Å². The monoisotopic (exact) mass is 432 g/mol. The second-order valence-electron chi connectivity index (χ2n) is 7.56. The highest BCUT2D eigenvalue weighted by Crippen LogP contribution is 2.33. The van der Waals surface area contributed by atoms with E-state index >= 15 is 0 Å². The Labute approximate surface area is 178 Å². The smallest absolute Gasteiger partial charge is 0.244 e. The van der Waals surface area contributed by atoms with Crippen LogP contribution < -0.4 is 14.8 Å². The zero-order valence-electron chi connectivity index (χ0n) is 18.0. The van der Waals surface area contributed by atoms with E-state index in [1.165, 1.54) is 18.5 Å². The number of hydrogen-bond acceptors (Lipinski definition) is 5. The van der Waals surface area contributed by atoms with E-state index in [0.717, 1.165) is 5.56 Å². The summed E-state index contributed by atoms with van der Waals surface area (Å²) in [5.74, 6) is 0.653. The Morgan fingerprint density at radius 2 is 1.73 bits per heavy atom. The van der Waals surface area contributed by atoms with Gasteiger partial charge in [0.25, 0.3) is 0 Å². The standard InChI is InChI=1S/C22H28N2O5S/c1-14-11-15(2)21(16(3)12-14)30(26,27)24-10-6-7-19(24)22(25)23-18-13-17(28-4)8-9-20(18)29-5/h8-9,11-13,19H,6-7,10H2,1-5H3,(H,23,25). The van der Waals surface area contributed by atoms with Crippen molar-refractivity contribution in [3.8, 4) is 11.5 Å². The van der Waals surface area contributed by atoms with E-state index < -0.39 is 16.1 Å². The Morgan fingerprint density at radius 3 is 2.33 bits per heavy atom. The first-order valence-corrected chi connectivity index (χ1v) is 11.3. The molecule has 1 heterocycles. The molecule has 2 aromatic carbocycles. The highest BCUT2D eigenvalue weighted by atomic mass is 32.2. The molecule has 0 spiro atoms. The summed E-state index contributed by atoms with van der Waals surface area (Å²) in [4.78, 5) is 13.4. The fourth-order valence-electron chi connectivity index (χ4n) is 4.11. The van der Waals surface area contributed by atoms with Gasteiger partial charge < -0.3 is 14.8 Å². The molecular formula is C22H28N2O5S. The zero-order chi connectivity index (χ0) is 22.1. The number of nitrogens with zero attached hydrogens (tertiary/aromatic N) is 1. The third-order valence-electron chi connectivity index (χ3n) is 5.34. The molecular weight excluding hydrogens is 404 g/mol. The number of ether oxygens (including phenoxy) is 2. The molecule has 3 rings (SSSR count). The predicted molar refractivity (Wildman–Crippen MR) is 116 cm³/mol. The molecule has 1 unspecified atom stereocenters. The summed E-state index contributed by atoms with van der Waals surface area (Å²) in [5.41, 5.74) is 2.82. The number of nitrogens with one attached hydrogen (secondary N) is 1. The molecule has 1 aliphatic heterocycles. The highest BCUT2D eigenvalue weighted by Gasteiger charge is 2.40. The number of anilines is 1. The summed E-state index contributed by atoms with van der Waals surface area (Å²) >= 11 is 0. The lowest BCUT2D eigenvalue weighted by Crippen LogP contribution is -2.43. The number of methoxy groups -OCH3 is 2. The maximum Gasteiger partial charge on any atom is 0.244 e. The van der Waals surface area contributed by atoms with Gasteiger partial charge in [0.05, 0.1) is 24.8 Å². The molecule has 0 aromatic heterocycles. The van der Waals surface area contributed by atoms with Crippen LogP contribution in [-0.2, 0) is 14.8 Å². The van der Waals surface area contributed by atoms with Gasteiger partial charge in [-0.15, -0.1) is 0 Å². The molecule has 8 heteroatoms. The molecule has 30 heavy (non-hydrogen) atoms. The highest BCUT2D eigenvalue weighted by molar-refractivity contribution is 7.89. The van der Waals surface area contributed by atoms with Gasteiger partial charge in [0.15, 0.2) is 0 Å². The van der Waals surface area contributed by atoms with Crippen LogP contribution in [0.1, 0.15) is 29.5 Å². The number of aryl methyl sites for hydroxylation is 3. The molecule has 0 radical (unpaired) electrons. The number of sulfonamides is 1. The number of benzene rings is 2. The fourth-order valence-corrected chi connectivity index (χ4v) is 6.18. The molecule has 1 aliphatic rings. The van der Waals surface area contributed by atoms with Crippen LogP contribution in [0, 0.1) is 20.8 Å². The lowest BCUT2D eigenvalue weighted by molar-refractivity contribution is -0.119. The van der Waals surface area contributed by atoms with Crippen LogP contribution in [0.25, 0.3) is 0 Å². The second kappa shape index (κ2) is 8.65. The molecule has 162 valence electrons. The van der Waals surface area contributed by atoms with Crippen molar-refractivity contribution >= 4 is 21.6 Å². The van der Waals surface area contributed by atoms with Gasteiger partial charge in [-0.3, -0.25) is 4.79 Å². The largest absolute Gasteiger partial charge is 0.497 e. The first kappa shape index (κ1) is 22.1. The number of carbonyl (C=O) groups is 1. The summed E-state index contributed by atoms with van der Waals surface area (Å²) < 4.78 is 38.8. The maximum absolute atomic E-state index is 13.5. The van der Waals surface area contributed by atoms with E-state index in [0.29, 0.717) is 47.7 Å². The lowest BCUT2D eigenvalue weighted by Gasteiger charge is -2.25. The van der Waals surface area contributed by atoms with Crippen LogP contribution in [0.2, 0.25) is 0 Å². The van der Waals surface area contributed by atoms with E-state index in [1.807, 2.05) is 19.1 Å². The van der Waals surface area contributed by atoms with Gasteiger partial charge in [0, 0.05) is 12.6 Å². The summed E-state index contributed by atoms with van der Waals surface area (Å²) in [7, 11) is -0.776. The molecule has 1 atom stereocenters. The van der Waals surface area contributed by atoms with E-state index in [9.17, 15) is 13.2 Å². The van der Waals surface area contributed by atoms with Crippen molar-refractivity contribution in [3.05, 3.63) is 47.0 Å². The van der Waals surface area contributed by atoms with Crippen LogP contribution in [0.3, 0.4) is 0 Å². The van der Waals surface area contributed by atoms with Gasteiger partial charge in [-0.2, -0.15) is 4.31 Å². The Balaban J connectivity index is 1.92. The van der Waals surface area contributed by atoms with Crippen molar-refractivity contribution in [2.45, 2.75) is 44.6 Å². The molecule has 1 amide bonds. The zero-order valence-corrected chi connectivity index (χ0v) is 18.8. The van der Waals surface area contributed by atoms with Crippen molar-refractivity contribution in [2.75, 3.05) is 26.1 Å². The first-order valence-electron chi connectivity index (χ1n) is 9.81. The molecule has 1 fully saturated rings. The van der Waals surface area contributed by atoms with Gasteiger partial charge in [-0.1, -0.05) is 17.7 Å². The van der Waals surface area contributed by atoms with Gasteiger partial charge >= 0.3 is 0 Å². The van der Waals surface area contributed by atoms with Gasteiger partial charge in [-0.05, 0) is 56.9 Å². The van der Waals surface area contributed by atoms with E-state index in [1.54, 1.807) is 32.0 Å². The minimum Gasteiger partial charge on any atom is -0.497 e. The first-order chi connectivity index (χ1) is 14.2. The molecule has 0 saturated carbocycles.